The Labute approximate surface area is 233 Å². The van der Waals surface area contributed by atoms with Crippen LogP contribution in [0.3, 0.4) is 0 Å². The van der Waals surface area contributed by atoms with E-state index < -0.39 is 17.7 Å². The van der Waals surface area contributed by atoms with Crippen molar-refractivity contribution in [3.05, 3.63) is 82.4 Å². The summed E-state index contributed by atoms with van der Waals surface area (Å²) in [6, 6.07) is 16.4. The first-order chi connectivity index (χ1) is 18.9. The van der Waals surface area contributed by atoms with Crippen LogP contribution in [0.15, 0.2) is 66.2 Å². The monoisotopic (exact) mass is 562 g/mol. The third-order valence-corrected chi connectivity index (χ3v) is 7.70. The Morgan fingerprint density at radius 2 is 1.92 bits per heavy atom. The lowest BCUT2D eigenvalue weighted by Crippen LogP contribution is -2.29. The summed E-state index contributed by atoms with van der Waals surface area (Å²) in [5, 5.41) is 12.4. The summed E-state index contributed by atoms with van der Waals surface area (Å²) in [7, 11) is 0. The average molecular weight is 563 g/mol. The van der Waals surface area contributed by atoms with Crippen molar-refractivity contribution < 1.29 is 28.9 Å². The minimum atomic E-state index is -0.945. The number of rotatable bonds is 6. The number of anilines is 1. The third-order valence-electron chi connectivity index (χ3n) is 6.45. The molecule has 4 aromatic rings. The molecule has 8 nitrogen and oxygen atoms in total. The smallest absolute Gasteiger partial charge is 0.301 e. The number of thiazole rings is 1. The Bertz CT molecular complexity index is 1650. The van der Waals surface area contributed by atoms with Crippen molar-refractivity contribution in [2.24, 2.45) is 0 Å². The quantitative estimate of drug-likeness (QED) is 0.171. The number of hydrogen-bond donors (Lipinski definition) is 1. The molecule has 0 bridgehead atoms. The van der Waals surface area contributed by atoms with E-state index in [1.54, 1.807) is 54.6 Å². The van der Waals surface area contributed by atoms with Gasteiger partial charge in [-0.15, -0.1) is 0 Å². The number of aromatic nitrogens is 1. The summed E-state index contributed by atoms with van der Waals surface area (Å²) < 4.78 is 17.9. The van der Waals surface area contributed by atoms with Gasteiger partial charge in [0.05, 0.1) is 28.4 Å². The van der Waals surface area contributed by atoms with Gasteiger partial charge in [0, 0.05) is 10.6 Å². The van der Waals surface area contributed by atoms with E-state index in [1.807, 2.05) is 13.0 Å². The van der Waals surface area contributed by atoms with Crippen LogP contribution < -0.4 is 19.1 Å². The number of aliphatic hydroxyl groups excluding tert-OH is 1. The maximum absolute atomic E-state index is 13.6. The van der Waals surface area contributed by atoms with Crippen molar-refractivity contribution in [3.63, 3.8) is 0 Å². The van der Waals surface area contributed by atoms with Crippen molar-refractivity contribution in [2.75, 3.05) is 24.7 Å². The normalized spacial score (nSPS) is 18.1. The lowest BCUT2D eigenvalue weighted by atomic mass is 9.95. The van der Waals surface area contributed by atoms with Crippen molar-refractivity contribution in [3.8, 4) is 17.2 Å². The zero-order valence-corrected chi connectivity index (χ0v) is 22.4. The second-order valence-corrected chi connectivity index (χ2v) is 10.5. The van der Waals surface area contributed by atoms with Crippen LogP contribution in [0.4, 0.5) is 5.13 Å². The number of hydrogen-bond acceptors (Lipinski definition) is 8. The highest BCUT2D eigenvalue weighted by Gasteiger charge is 2.48. The molecule has 6 rings (SSSR count). The van der Waals surface area contributed by atoms with Crippen molar-refractivity contribution in [1.82, 2.24) is 4.98 Å². The molecule has 1 atom stereocenters. The van der Waals surface area contributed by atoms with E-state index in [-0.39, 0.29) is 11.3 Å². The van der Waals surface area contributed by atoms with E-state index in [4.69, 9.17) is 25.8 Å². The Morgan fingerprint density at radius 1 is 1.10 bits per heavy atom. The Balaban J connectivity index is 1.52. The number of carbonyl (C=O) groups is 2. The molecular formula is C29H23ClN2O6S. The first-order valence-corrected chi connectivity index (χ1v) is 13.6. The molecule has 1 N–H and O–H groups in total. The molecule has 10 heteroatoms. The highest BCUT2D eigenvalue weighted by Crippen LogP contribution is 2.45. The molecule has 0 unspecified atom stereocenters. The minimum absolute atomic E-state index is 0.0541. The maximum Gasteiger partial charge on any atom is 0.301 e. The third kappa shape index (κ3) is 4.57. The summed E-state index contributed by atoms with van der Waals surface area (Å²) in [6.07, 6.45) is 0.821. The number of halogens is 1. The van der Waals surface area contributed by atoms with Gasteiger partial charge in [-0.25, -0.2) is 4.98 Å². The first kappa shape index (κ1) is 25.2. The largest absolute Gasteiger partial charge is 0.507 e. The van der Waals surface area contributed by atoms with Crippen LogP contribution in [0.5, 0.6) is 17.2 Å². The molecule has 39 heavy (non-hydrogen) atoms. The summed E-state index contributed by atoms with van der Waals surface area (Å²) in [5.41, 5.74) is 1.52. The van der Waals surface area contributed by atoms with Crippen molar-refractivity contribution >= 4 is 55.7 Å². The number of nitrogens with zero attached hydrogens (tertiary/aromatic N) is 2. The number of aliphatic hydroxyl groups is 1. The molecule has 0 radical (unpaired) electrons. The lowest BCUT2D eigenvalue weighted by Gasteiger charge is -2.23. The van der Waals surface area contributed by atoms with Gasteiger partial charge >= 0.3 is 5.91 Å². The molecule has 1 saturated heterocycles. The zero-order chi connectivity index (χ0) is 27.1. The second kappa shape index (κ2) is 10.2. The lowest BCUT2D eigenvalue weighted by molar-refractivity contribution is -0.132. The Morgan fingerprint density at radius 3 is 2.74 bits per heavy atom. The van der Waals surface area contributed by atoms with E-state index in [2.05, 4.69) is 4.98 Å². The number of Topliss-reactive ketones (excluding diaryl/α,β-unsaturated/α-hetero) is 1. The van der Waals surface area contributed by atoms with Gasteiger partial charge < -0.3 is 19.3 Å². The molecule has 2 aliphatic heterocycles. The van der Waals surface area contributed by atoms with E-state index in [0.717, 1.165) is 11.1 Å². The van der Waals surface area contributed by atoms with Crippen molar-refractivity contribution in [2.45, 2.75) is 19.4 Å². The molecule has 2 aliphatic rings. The van der Waals surface area contributed by atoms with Gasteiger partial charge in [-0.3, -0.25) is 14.5 Å². The van der Waals surface area contributed by atoms with E-state index in [9.17, 15) is 14.7 Å². The Hall–Kier alpha value is -4.08. The molecule has 198 valence electrons. The van der Waals surface area contributed by atoms with Crippen LogP contribution in [0.25, 0.3) is 16.0 Å². The number of carbonyl (C=O) groups excluding carboxylic acids is 2. The number of fused-ring (bicyclic) bond motifs is 2. The van der Waals surface area contributed by atoms with Gasteiger partial charge in [-0.1, -0.05) is 42.0 Å². The molecule has 0 saturated carbocycles. The summed E-state index contributed by atoms with van der Waals surface area (Å²) >= 11 is 7.42. The number of ether oxygens (including phenoxy) is 3. The van der Waals surface area contributed by atoms with Gasteiger partial charge in [0.2, 0.25) is 0 Å². The molecule has 1 aromatic heterocycles. The standard InChI is InChI=1S/C29H23ClN2O6S/c1-2-10-36-19-5-3-4-16(13-19)25-24(26(33)17-6-9-21-22(14-17)38-12-11-37-21)27(34)28(35)32(25)29-31-20-8-7-18(30)15-23(20)39-29/h3-9,13-15,25,33H,2,10-12H2,1H3/b26-24+/t25-/m1/s1. The molecular weight excluding hydrogens is 540 g/mol. The van der Waals surface area contributed by atoms with E-state index in [1.165, 1.54) is 16.2 Å². The molecule has 0 aliphatic carbocycles. The fourth-order valence-electron chi connectivity index (χ4n) is 4.68. The van der Waals surface area contributed by atoms with Crippen LogP contribution in [-0.4, -0.2) is 41.6 Å². The summed E-state index contributed by atoms with van der Waals surface area (Å²) in [5.74, 6) is -0.330. The van der Waals surface area contributed by atoms with Gasteiger partial charge in [-0.2, -0.15) is 0 Å². The number of benzene rings is 3. The Kier molecular flexibility index (Phi) is 6.62. The van der Waals surface area contributed by atoms with Gasteiger partial charge in [0.15, 0.2) is 16.6 Å². The second-order valence-electron chi connectivity index (χ2n) is 9.06. The van der Waals surface area contributed by atoms with Crippen LogP contribution in [-0.2, 0) is 9.59 Å². The molecule has 0 spiro atoms. The fraction of sp³-hybridized carbons (Fsp3) is 0.207. The zero-order valence-electron chi connectivity index (χ0n) is 20.8. The van der Waals surface area contributed by atoms with Crippen LogP contribution in [0, 0.1) is 0 Å². The number of ketones is 1. The summed E-state index contributed by atoms with van der Waals surface area (Å²) in [4.78, 5) is 33.1. The topological polar surface area (TPSA) is 98.2 Å². The highest BCUT2D eigenvalue weighted by atomic mass is 35.5. The van der Waals surface area contributed by atoms with Crippen LogP contribution >= 0.6 is 22.9 Å². The van der Waals surface area contributed by atoms with E-state index >= 15 is 0 Å². The minimum Gasteiger partial charge on any atom is -0.507 e. The predicted molar refractivity (Wildman–Crippen MR) is 149 cm³/mol. The maximum atomic E-state index is 13.6. The SMILES string of the molecule is CCCOc1cccc([C@@H]2/C(=C(\O)c3ccc4c(c3)OCCO4)C(=O)C(=O)N2c2nc3ccc(Cl)cc3s2)c1. The molecule has 3 heterocycles. The van der Waals surface area contributed by atoms with Crippen molar-refractivity contribution in [1.29, 1.82) is 0 Å². The highest BCUT2D eigenvalue weighted by molar-refractivity contribution is 7.22. The van der Waals surface area contributed by atoms with Gasteiger partial charge in [0.1, 0.15) is 24.7 Å². The fourth-order valence-corrected chi connectivity index (χ4v) is 5.94. The van der Waals surface area contributed by atoms with E-state index in [0.29, 0.717) is 63.9 Å². The average Bonchev–Trinajstić information content (AvgIpc) is 3.48. The number of amides is 1. The molecule has 3 aromatic carbocycles. The molecule has 1 fully saturated rings. The first-order valence-electron chi connectivity index (χ1n) is 12.4. The summed E-state index contributed by atoms with van der Waals surface area (Å²) in [6.45, 7) is 3.31. The van der Waals surface area contributed by atoms with Crippen LogP contribution in [0.1, 0.15) is 30.5 Å². The molecule has 1 amide bonds. The predicted octanol–water partition coefficient (Wildman–Crippen LogP) is 6.14. The van der Waals surface area contributed by atoms with Crippen LogP contribution in [0.2, 0.25) is 5.02 Å². The van der Waals surface area contributed by atoms with Gasteiger partial charge in [-0.05, 0) is 60.5 Å². The van der Waals surface area contributed by atoms with Gasteiger partial charge in [0.25, 0.3) is 5.78 Å².